The molecule has 0 spiro atoms. The molecule has 4 heteroatoms. The Hall–Kier alpha value is -1.03. The summed E-state index contributed by atoms with van der Waals surface area (Å²) in [7, 11) is 0. The van der Waals surface area contributed by atoms with Crippen LogP contribution in [0.25, 0.3) is 0 Å². The number of halogens is 1. The number of carboxylic acid groups (broad SMARTS) is 1. The first kappa shape index (κ1) is 9.52. The summed E-state index contributed by atoms with van der Waals surface area (Å²) >= 11 is 3.35. The second-order valence-corrected chi connectivity index (χ2v) is 4.43. The Kier molecular flexibility index (Phi) is 2.23. The number of hydrogen-bond acceptors (Lipinski definition) is 1. The smallest absolute Gasteiger partial charge is 0.405 e. The quantitative estimate of drug-likeness (QED) is 0.854. The van der Waals surface area contributed by atoms with Crippen molar-refractivity contribution in [2.75, 3.05) is 0 Å². The van der Waals surface area contributed by atoms with Crippen LogP contribution in [0.2, 0.25) is 0 Å². The lowest BCUT2D eigenvalue weighted by atomic mass is 10.1. The van der Waals surface area contributed by atoms with Gasteiger partial charge in [-0.3, -0.25) is 0 Å². The average Bonchev–Trinajstić information content (AvgIpc) is 2.85. The van der Waals surface area contributed by atoms with Gasteiger partial charge in [-0.05, 0) is 30.5 Å². The van der Waals surface area contributed by atoms with Gasteiger partial charge in [0.25, 0.3) is 0 Å². The minimum atomic E-state index is -0.953. The fourth-order valence-corrected chi connectivity index (χ4v) is 1.85. The Morgan fingerprint density at radius 3 is 2.36 bits per heavy atom. The fourth-order valence-electron chi connectivity index (χ4n) is 1.58. The molecule has 2 rings (SSSR count). The van der Waals surface area contributed by atoms with Gasteiger partial charge in [0.05, 0.1) is 5.54 Å². The zero-order valence-electron chi connectivity index (χ0n) is 7.46. The van der Waals surface area contributed by atoms with Gasteiger partial charge in [-0.2, -0.15) is 0 Å². The lowest BCUT2D eigenvalue weighted by Gasteiger charge is -2.15. The van der Waals surface area contributed by atoms with E-state index in [2.05, 4.69) is 21.2 Å². The van der Waals surface area contributed by atoms with Gasteiger partial charge >= 0.3 is 6.09 Å². The van der Waals surface area contributed by atoms with Crippen molar-refractivity contribution < 1.29 is 9.90 Å². The summed E-state index contributed by atoms with van der Waals surface area (Å²) < 4.78 is 1.01. The van der Waals surface area contributed by atoms with E-state index < -0.39 is 6.09 Å². The summed E-state index contributed by atoms with van der Waals surface area (Å²) in [6.45, 7) is 0. The number of rotatable bonds is 2. The zero-order valence-corrected chi connectivity index (χ0v) is 9.04. The van der Waals surface area contributed by atoms with Crippen molar-refractivity contribution in [2.24, 2.45) is 0 Å². The van der Waals surface area contributed by atoms with Crippen LogP contribution in [0, 0.1) is 0 Å². The van der Waals surface area contributed by atoms with Crippen molar-refractivity contribution in [3.05, 3.63) is 34.3 Å². The van der Waals surface area contributed by atoms with Crippen LogP contribution in [-0.2, 0) is 5.54 Å². The minimum Gasteiger partial charge on any atom is -0.465 e. The normalized spacial score (nSPS) is 17.5. The number of carbonyl (C=O) groups is 1. The van der Waals surface area contributed by atoms with E-state index in [1.807, 2.05) is 24.3 Å². The number of hydrogen-bond donors (Lipinski definition) is 2. The van der Waals surface area contributed by atoms with Crippen molar-refractivity contribution in [3.8, 4) is 0 Å². The Labute approximate surface area is 90.3 Å². The molecule has 0 aromatic heterocycles. The first-order chi connectivity index (χ1) is 6.62. The fraction of sp³-hybridized carbons (Fsp3) is 0.300. The first-order valence-corrected chi connectivity index (χ1v) is 5.19. The molecule has 2 N–H and O–H groups in total. The summed E-state index contributed by atoms with van der Waals surface area (Å²) in [6.07, 6.45) is 0.826. The predicted octanol–water partition coefficient (Wildman–Crippen LogP) is 2.71. The topological polar surface area (TPSA) is 49.3 Å². The number of benzene rings is 1. The van der Waals surface area contributed by atoms with Crippen LogP contribution in [0.15, 0.2) is 28.7 Å². The van der Waals surface area contributed by atoms with E-state index >= 15 is 0 Å². The highest BCUT2D eigenvalue weighted by atomic mass is 79.9. The van der Waals surface area contributed by atoms with E-state index in [1.54, 1.807) is 0 Å². The highest BCUT2D eigenvalue weighted by Gasteiger charge is 2.45. The summed E-state index contributed by atoms with van der Waals surface area (Å²) in [4.78, 5) is 10.6. The maximum Gasteiger partial charge on any atom is 0.405 e. The molecule has 0 atom stereocenters. The summed E-state index contributed by atoms with van der Waals surface area (Å²) in [5, 5.41) is 11.3. The third kappa shape index (κ3) is 1.75. The predicted molar refractivity (Wildman–Crippen MR) is 56.2 cm³/mol. The van der Waals surface area contributed by atoms with Gasteiger partial charge in [-0.25, -0.2) is 4.79 Å². The molecule has 1 saturated carbocycles. The largest absolute Gasteiger partial charge is 0.465 e. The highest BCUT2D eigenvalue weighted by Crippen LogP contribution is 2.45. The van der Waals surface area contributed by atoms with Gasteiger partial charge < -0.3 is 10.4 Å². The van der Waals surface area contributed by atoms with Gasteiger partial charge in [0.2, 0.25) is 0 Å². The van der Waals surface area contributed by atoms with Crippen molar-refractivity contribution in [2.45, 2.75) is 18.4 Å². The van der Waals surface area contributed by atoms with Crippen LogP contribution < -0.4 is 5.32 Å². The lowest BCUT2D eigenvalue weighted by Crippen LogP contribution is -2.33. The average molecular weight is 256 g/mol. The van der Waals surface area contributed by atoms with Gasteiger partial charge in [0.1, 0.15) is 0 Å². The second-order valence-electron chi connectivity index (χ2n) is 3.52. The van der Waals surface area contributed by atoms with E-state index in [0.717, 1.165) is 22.9 Å². The van der Waals surface area contributed by atoms with Crippen LogP contribution >= 0.6 is 15.9 Å². The number of amides is 1. The molecule has 1 aliphatic rings. The first-order valence-electron chi connectivity index (χ1n) is 4.40. The Morgan fingerprint density at radius 1 is 1.36 bits per heavy atom. The summed E-state index contributed by atoms with van der Waals surface area (Å²) in [5.41, 5.74) is 0.732. The van der Waals surface area contributed by atoms with Gasteiger partial charge in [-0.1, -0.05) is 28.1 Å². The molecule has 0 heterocycles. The third-order valence-electron chi connectivity index (χ3n) is 2.49. The molecule has 3 nitrogen and oxygen atoms in total. The monoisotopic (exact) mass is 255 g/mol. The van der Waals surface area contributed by atoms with E-state index in [-0.39, 0.29) is 5.54 Å². The van der Waals surface area contributed by atoms with Crippen LogP contribution in [-0.4, -0.2) is 11.2 Å². The third-order valence-corrected chi connectivity index (χ3v) is 3.02. The van der Waals surface area contributed by atoms with Crippen molar-refractivity contribution in [1.29, 1.82) is 0 Å². The van der Waals surface area contributed by atoms with Crippen LogP contribution in [0.3, 0.4) is 0 Å². The van der Waals surface area contributed by atoms with E-state index in [1.165, 1.54) is 0 Å². The van der Waals surface area contributed by atoms with E-state index in [4.69, 9.17) is 5.11 Å². The minimum absolute atomic E-state index is 0.313. The highest BCUT2D eigenvalue weighted by molar-refractivity contribution is 9.10. The molecule has 0 aliphatic heterocycles. The molecular weight excluding hydrogens is 246 g/mol. The molecule has 74 valence electrons. The zero-order chi connectivity index (χ0) is 10.2. The van der Waals surface area contributed by atoms with E-state index in [9.17, 15) is 4.79 Å². The van der Waals surface area contributed by atoms with Crippen LogP contribution in [0.4, 0.5) is 4.79 Å². The SMILES string of the molecule is O=C(O)NC1(c2ccc(Br)cc2)CC1. The summed E-state index contributed by atoms with van der Waals surface area (Å²) in [6, 6.07) is 7.76. The molecule has 0 unspecified atom stereocenters. The van der Waals surface area contributed by atoms with Crippen LogP contribution in [0.5, 0.6) is 0 Å². The Morgan fingerprint density at radius 2 is 1.93 bits per heavy atom. The van der Waals surface area contributed by atoms with Gasteiger partial charge in [-0.15, -0.1) is 0 Å². The summed E-state index contributed by atoms with van der Waals surface area (Å²) in [5.74, 6) is 0. The lowest BCUT2D eigenvalue weighted by molar-refractivity contribution is 0.188. The van der Waals surface area contributed by atoms with E-state index in [0.29, 0.717) is 0 Å². The molecule has 14 heavy (non-hydrogen) atoms. The van der Waals surface area contributed by atoms with Crippen molar-refractivity contribution >= 4 is 22.0 Å². The molecular formula is C10H10BrNO2. The Bertz CT molecular complexity index is 357. The van der Waals surface area contributed by atoms with Crippen LogP contribution in [0.1, 0.15) is 18.4 Å². The molecule has 1 amide bonds. The molecule has 1 fully saturated rings. The second kappa shape index (κ2) is 3.28. The van der Waals surface area contributed by atoms with Gasteiger partial charge in [0.15, 0.2) is 0 Å². The standard InChI is InChI=1S/C10H10BrNO2/c11-8-3-1-7(2-4-8)10(5-6-10)12-9(13)14/h1-4,12H,5-6H2,(H,13,14). The maximum atomic E-state index is 10.6. The molecule has 1 aromatic carbocycles. The van der Waals surface area contributed by atoms with Crippen molar-refractivity contribution in [3.63, 3.8) is 0 Å². The van der Waals surface area contributed by atoms with Crippen molar-refractivity contribution in [1.82, 2.24) is 5.32 Å². The molecule has 1 aliphatic carbocycles. The molecule has 0 bridgehead atoms. The molecule has 1 aromatic rings. The van der Waals surface area contributed by atoms with Gasteiger partial charge in [0, 0.05) is 4.47 Å². The number of nitrogens with one attached hydrogen (secondary N) is 1. The molecule has 0 radical (unpaired) electrons. The maximum absolute atomic E-state index is 10.6. The Balaban J connectivity index is 2.22. The molecule has 0 saturated heterocycles.